The topological polar surface area (TPSA) is 69.8 Å². The molecule has 1 amide bonds. The Bertz CT molecular complexity index is 1290. The van der Waals surface area contributed by atoms with Crippen LogP contribution >= 0.6 is 0 Å². The molecule has 2 aromatic carbocycles. The molecule has 1 saturated carbocycles. The Morgan fingerprint density at radius 2 is 1.73 bits per heavy atom. The average molecular weight is 495 g/mol. The second kappa shape index (κ2) is 11.3. The number of aromatic amines is 1. The Balaban J connectivity index is 1.36. The van der Waals surface area contributed by atoms with Crippen molar-refractivity contribution in [1.29, 1.82) is 0 Å². The molecule has 192 valence electrons. The number of benzene rings is 2. The molecule has 0 spiro atoms. The van der Waals surface area contributed by atoms with Gasteiger partial charge in [0.05, 0.1) is 5.54 Å². The van der Waals surface area contributed by atoms with Crippen molar-refractivity contribution < 1.29 is 4.79 Å². The standard InChI is InChI=1S/C32H38N4O/c1-31(36-21-17-25-12-4-2-5-13-25,22-26-23-34-28-15-7-6-14-27(26)28)30(37)35-24-32(18-9-3-10-19-32)29-16-8-11-20-33-29/h2,4-8,11-16,20,23,34,36H,3,9-10,17-19,21-22,24H2,1H3,(H,35,37)/t31-/m0/s1. The summed E-state index contributed by atoms with van der Waals surface area (Å²) in [6.07, 6.45) is 11.1. The fourth-order valence-electron chi connectivity index (χ4n) is 5.88. The highest BCUT2D eigenvalue weighted by molar-refractivity contribution is 5.89. The van der Waals surface area contributed by atoms with Gasteiger partial charge in [-0.3, -0.25) is 9.78 Å². The van der Waals surface area contributed by atoms with Crippen LogP contribution in [0, 0.1) is 0 Å². The lowest BCUT2D eigenvalue weighted by atomic mass is 9.71. The molecule has 5 heteroatoms. The molecule has 0 unspecified atom stereocenters. The number of amides is 1. The molecule has 37 heavy (non-hydrogen) atoms. The maximum Gasteiger partial charge on any atom is 0.240 e. The lowest BCUT2D eigenvalue weighted by molar-refractivity contribution is -0.127. The van der Waals surface area contributed by atoms with Gasteiger partial charge in [-0.25, -0.2) is 0 Å². The van der Waals surface area contributed by atoms with Crippen molar-refractivity contribution in [2.45, 2.75) is 62.8 Å². The number of H-pyrrole nitrogens is 1. The number of carbonyl (C=O) groups is 1. The minimum atomic E-state index is -0.750. The highest BCUT2D eigenvalue weighted by Crippen LogP contribution is 2.38. The summed E-state index contributed by atoms with van der Waals surface area (Å²) in [5.74, 6) is 0.0479. The van der Waals surface area contributed by atoms with Crippen LogP contribution in [0.1, 0.15) is 55.8 Å². The fourth-order valence-corrected chi connectivity index (χ4v) is 5.88. The van der Waals surface area contributed by atoms with E-state index in [1.807, 2.05) is 37.5 Å². The number of hydrogen-bond donors (Lipinski definition) is 3. The minimum absolute atomic E-state index is 0.0479. The van der Waals surface area contributed by atoms with E-state index in [-0.39, 0.29) is 11.3 Å². The molecule has 5 nitrogen and oxygen atoms in total. The predicted molar refractivity (Wildman–Crippen MR) is 151 cm³/mol. The van der Waals surface area contributed by atoms with Crippen molar-refractivity contribution in [2.75, 3.05) is 13.1 Å². The molecule has 5 rings (SSSR count). The average Bonchev–Trinajstić information content (AvgIpc) is 3.35. The van der Waals surface area contributed by atoms with E-state index in [1.165, 1.54) is 30.2 Å². The summed E-state index contributed by atoms with van der Waals surface area (Å²) in [4.78, 5) is 22.1. The smallest absolute Gasteiger partial charge is 0.240 e. The third-order valence-corrected chi connectivity index (χ3v) is 8.10. The Morgan fingerprint density at radius 3 is 2.51 bits per heavy atom. The summed E-state index contributed by atoms with van der Waals surface area (Å²) in [6.45, 7) is 3.39. The van der Waals surface area contributed by atoms with E-state index in [2.05, 4.69) is 70.2 Å². The maximum absolute atomic E-state index is 14.0. The van der Waals surface area contributed by atoms with Gasteiger partial charge in [0.25, 0.3) is 0 Å². The third-order valence-electron chi connectivity index (χ3n) is 8.10. The van der Waals surface area contributed by atoms with Gasteiger partial charge in [-0.1, -0.05) is 73.9 Å². The Hall–Kier alpha value is -3.44. The van der Waals surface area contributed by atoms with Crippen molar-refractivity contribution in [3.05, 3.63) is 102 Å². The number of pyridine rings is 1. The lowest BCUT2D eigenvalue weighted by Gasteiger charge is -2.38. The molecule has 2 aromatic heterocycles. The van der Waals surface area contributed by atoms with Crippen molar-refractivity contribution in [3.63, 3.8) is 0 Å². The summed E-state index contributed by atoms with van der Waals surface area (Å²) in [5, 5.41) is 8.21. The van der Waals surface area contributed by atoms with Crippen molar-refractivity contribution in [3.8, 4) is 0 Å². The zero-order chi connectivity index (χ0) is 25.6. The monoisotopic (exact) mass is 494 g/mol. The highest BCUT2D eigenvalue weighted by Gasteiger charge is 2.39. The van der Waals surface area contributed by atoms with Crippen LogP contribution < -0.4 is 10.6 Å². The molecule has 1 aliphatic carbocycles. The first kappa shape index (κ1) is 25.2. The van der Waals surface area contributed by atoms with Crippen LogP contribution in [0.4, 0.5) is 0 Å². The van der Waals surface area contributed by atoms with Crippen molar-refractivity contribution in [2.24, 2.45) is 0 Å². The van der Waals surface area contributed by atoms with Gasteiger partial charge in [0.2, 0.25) is 5.91 Å². The number of carbonyl (C=O) groups excluding carboxylic acids is 1. The van der Waals surface area contributed by atoms with Gasteiger partial charge >= 0.3 is 0 Å². The second-order valence-corrected chi connectivity index (χ2v) is 10.8. The normalized spacial score (nSPS) is 16.8. The molecule has 0 aliphatic heterocycles. The first-order valence-electron chi connectivity index (χ1n) is 13.6. The number of fused-ring (bicyclic) bond motifs is 1. The summed E-state index contributed by atoms with van der Waals surface area (Å²) in [7, 11) is 0. The predicted octanol–water partition coefficient (Wildman–Crippen LogP) is 5.71. The van der Waals surface area contributed by atoms with Crippen LogP contribution in [0.15, 0.2) is 85.2 Å². The molecule has 1 aliphatic rings. The zero-order valence-corrected chi connectivity index (χ0v) is 21.8. The molecule has 0 bridgehead atoms. The van der Waals surface area contributed by atoms with Crippen LogP contribution in [0.2, 0.25) is 0 Å². The summed E-state index contributed by atoms with van der Waals surface area (Å²) >= 11 is 0. The minimum Gasteiger partial charge on any atom is -0.361 e. The number of rotatable bonds is 10. The first-order valence-corrected chi connectivity index (χ1v) is 13.6. The Labute approximate surface area is 220 Å². The fraction of sp³-hybridized carbons (Fsp3) is 0.375. The van der Waals surface area contributed by atoms with E-state index in [4.69, 9.17) is 4.98 Å². The number of hydrogen-bond acceptors (Lipinski definition) is 3. The Morgan fingerprint density at radius 1 is 0.973 bits per heavy atom. The molecule has 3 N–H and O–H groups in total. The van der Waals surface area contributed by atoms with Gasteiger partial charge in [-0.05, 0) is 55.5 Å². The first-order chi connectivity index (χ1) is 18.1. The van der Waals surface area contributed by atoms with Crippen LogP contribution in [-0.2, 0) is 23.1 Å². The lowest BCUT2D eigenvalue weighted by Crippen LogP contribution is -2.58. The molecule has 1 atom stereocenters. The molecular formula is C32H38N4O. The highest BCUT2D eigenvalue weighted by atomic mass is 16.2. The summed E-state index contributed by atoms with van der Waals surface area (Å²) in [5.41, 5.74) is 3.77. The molecular weight excluding hydrogens is 456 g/mol. The quantitative estimate of drug-likeness (QED) is 0.264. The van der Waals surface area contributed by atoms with Crippen LogP contribution in [0.5, 0.6) is 0 Å². The number of nitrogens with zero attached hydrogens (tertiary/aromatic N) is 1. The van der Waals surface area contributed by atoms with E-state index in [0.717, 1.165) is 42.6 Å². The zero-order valence-electron chi connectivity index (χ0n) is 21.8. The molecule has 2 heterocycles. The van der Waals surface area contributed by atoms with E-state index in [9.17, 15) is 4.79 Å². The summed E-state index contributed by atoms with van der Waals surface area (Å²) in [6, 6.07) is 24.9. The van der Waals surface area contributed by atoms with Gasteiger partial charge in [0.1, 0.15) is 0 Å². The molecule has 0 radical (unpaired) electrons. The SMILES string of the molecule is C[C@@](Cc1c[nH]c2ccccc12)(NCCc1ccccc1)C(=O)NCC1(c2ccccn2)CCCCC1. The molecule has 4 aromatic rings. The van der Waals surface area contributed by atoms with E-state index < -0.39 is 5.54 Å². The number of aromatic nitrogens is 2. The van der Waals surface area contributed by atoms with Crippen LogP contribution in [-0.4, -0.2) is 34.5 Å². The largest absolute Gasteiger partial charge is 0.361 e. The van der Waals surface area contributed by atoms with Crippen LogP contribution in [0.3, 0.4) is 0 Å². The van der Waals surface area contributed by atoms with E-state index in [0.29, 0.717) is 13.0 Å². The van der Waals surface area contributed by atoms with E-state index >= 15 is 0 Å². The number of para-hydroxylation sites is 1. The van der Waals surface area contributed by atoms with Gasteiger partial charge in [-0.15, -0.1) is 0 Å². The maximum atomic E-state index is 14.0. The second-order valence-electron chi connectivity index (χ2n) is 10.8. The van der Waals surface area contributed by atoms with Gasteiger partial charge in [0, 0.05) is 53.9 Å². The third kappa shape index (κ3) is 5.78. The van der Waals surface area contributed by atoms with Crippen molar-refractivity contribution >= 4 is 16.8 Å². The number of nitrogens with one attached hydrogen (secondary N) is 3. The molecule has 1 fully saturated rings. The Kier molecular flexibility index (Phi) is 7.71. The van der Waals surface area contributed by atoms with Crippen LogP contribution in [0.25, 0.3) is 10.9 Å². The van der Waals surface area contributed by atoms with Gasteiger partial charge < -0.3 is 15.6 Å². The molecule has 0 saturated heterocycles. The van der Waals surface area contributed by atoms with Crippen molar-refractivity contribution in [1.82, 2.24) is 20.6 Å². The van der Waals surface area contributed by atoms with E-state index in [1.54, 1.807) is 0 Å². The summed E-state index contributed by atoms with van der Waals surface area (Å²) < 4.78 is 0. The van der Waals surface area contributed by atoms with Gasteiger partial charge in [0.15, 0.2) is 0 Å². The van der Waals surface area contributed by atoms with Gasteiger partial charge in [-0.2, -0.15) is 0 Å².